The minimum atomic E-state index is -0.621. The molecule has 0 saturated heterocycles. The molecule has 1 fully saturated rings. The highest BCUT2D eigenvalue weighted by molar-refractivity contribution is 6.43. The molecular formula is C19H23N3O3. The summed E-state index contributed by atoms with van der Waals surface area (Å²) in [4.78, 5) is 25.1. The van der Waals surface area contributed by atoms with E-state index in [-0.39, 0.29) is 12.6 Å². The number of hydrogen-bond acceptors (Lipinski definition) is 4. The molecule has 1 heterocycles. The Morgan fingerprint density at radius 1 is 1.28 bits per heavy atom. The molecule has 1 amide bonds. The monoisotopic (exact) mass is 341 g/mol. The summed E-state index contributed by atoms with van der Waals surface area (Å²) >= 11 is 0. The fraction of sp³-hybridized carbons (Fsp3) is 0.421. The predicted molar refractivity (Wildman–Crippen MR) is 93.7 cm³/mol. The Labute approximate surface area is 146 Å². The van der Waals surface area contributed by atoms with Crippen LogP contribution in [0.3, 0.4) is 0 Å². The molecule has 1 unspecified atom stereocenters. The molecular weight excluding hydrogens is 318 g/mol. The lowest BCUT2D eigenvalue weighted by Crippen LogP contribution is -2.41. The van der Waals surface area contributed by atoms with Crippen LogP contribution in [0.15, 0.2) is 30.3 Å². The van der Waals surface area contributed by atoms with Gasteiger partial charge in [-0.05, 0) is 51.2 Å². The Morgan fingerprint density at radius 2 is 1.96 bits per heavy atom. The third kappa shape index (κ3) is 3.64. The SMILES string of the molecule is Cc1nn(-c2ccccc2)c(C)c1C(=O)C(=O)NC(CCO)C1CC1. The maximum atomic E-state index is 12.7. The fourth-order valence-corrected chi connectivity index (χ4v) is 3.20. The van der Waals surface area contributed by atoms with Crippen molar-refractivity contribution in [2.45, 2.75) is 39.2 Å². The highest BCUT2D eigenvalue weighted by Crippen LogP contribution is 2.34. The van der Waals surface area contributed by atoms with Gasteiger partial charge >= 0.3 is 0 Å². The van der Waals surface area contributed by atoms with Gasteiger partial charge in [0.15, 0.2) is 0 Å². The van der Waals surface area contributed by atoms with E-state index in [1.807, 2.05) is 30.3 Å². The van der Waals surface area contributed by atoms with Gasteiger partial charge in [0.25, 0.3) is 11.7 Å². The summed E-state index contributed by atoms with van der Waals surface area (Å²) in [5.41, 5.74) is 2.37. The van der Waals surface area contributed by atoms with Crippen molar-refractivity contribution in [1.82, 2.24) is 15.1 Å². The molecule has 0 radical (unpaired) electrons. The predicted octanol–water partition coefficient (Wildman–Crippen LogP) is 1.95. The highest BCUT2D eigenvalue weighted by Gasteiger charge is 2.34. The number of carbonyl (C=O) groups is 2. The molecule has 0 bridgehead atoms. The molecule has 0 aliphatic heterocycles. The molecule has 6 heteroatoms. The minimum Gasteiger partial charge on any atom is -0.396 e. The van der Waals surface area contributed by atoms with E-state index < -0.39 is 11.7 Å². The molecule has 1 atom stereocenters. The molecule has 6 nitrogen and oxygen atoms in total. The van der Waals surface area contributed by atoms with Crippen LogP contribution in [0.5, 0.6) is 0 Å². The Bertz CT molecular complexity index is 779. The van der Waals surface area contributed by atoms with E-state index >= 15 is 0 Å². The first-order valence-corrected chi connectivity index (χ1v) is 8.60. The second-order valence-corrected chi connectivity index (χ2v) is 6.55. The molecule has 1 saturated carbocycles. The molecule has 1 aromatic carbocycles. The van der Waals surface area contributed by atoms with E-state index in [2.05, 4.69) is 10.4 Å². The zero-order chi connectivity index (χ0) is 18.0. The largest absolute Gasteiger partial charge is 0.396 e. The zero-order valence-corrected chi connectivity index (χ0v) is 14.5. The van der Waals surface area contributed by atoms with Crippen LogP contribution in [-0.4, -0.2) is 39.2 Å². The van der Waals surface area contributed by atoms with Crippen LogP contribution in [0.25, 0.3) is 5.69 Å². The second-order valence-electron chi connectivity index (χ2n) is 6.55. The number of benzene rings is 1. The number of nitrogens with zero attached hydrogens (tertiary/aromatic N) is 2. The molecule has 25 heavy (non-hydrogen) atoms. The molecule has 0 spiro atoms. The normalized spacial score (nSPS) is 15.0. The number of amides is 1. The van der Waals surface area contributed by atoms with Crippen LogP contribution in [0, 0.1) is 19.8 Å². The van der Waals surface area contributed by atoms with Crippen molar-refractivity contribution in [3.63, 3.8) is 0 Å². The maximum absolute atomic E-state index is 12.7. The van der Waals surface area contributed by atoms with Gasteiger partial charge in [-0.2, -0.15) is 5.10 Å². The number of rotatable bonds is 7. The van der Waals surface area contributed by atoms with Gasteiger partial charge in [-0.1, -0.05) is 18.2 Å². The first-order chi connectivity index (χ1) is 12.0. The molecule has 1 aliphatic rings. The lowest BCUT2D eigenvalue weighted by atomic mass is 10.1. The van der Waals surface area contributed by atoms with E-state index in [4.69, 9.17) is 5.11 Å². The summed E-state index contributed by atoms with van der Waals surface area (Å²) in [6.45, 7) is 3.53. The van der Waals surface area contributed by atoms with Crippen molar-refractivity contribution >= 4 is 11.7 Å². The van der Waals surface area contributed by atoms with Crippen LogP contribution in [-0.2, 0) is 4.79 Å². The van der Waals surface area contributed by atoms with Gasteiger partial charge < -0.3 is 10.4 Å². The van der Waals surface area contributed by atoms with Crippen LogP contribution in [0.2, 0.25) is 0 Å². The van der Waals surface area contributed by atoms with Crippen LogP contribution >= 0.6 is 0 Å². The third-order valence-corrected chi connectivity index (χ3v) is 4.67. The van der Waals surface area contributed by atoms with E-state index in [1.165, 1.54) is 0 Å². The average Bonchev–Trinajstić information content (AvgIpc) is 3.40. The van der Waals surface area contributed by atoms with Crippen molar-refractivity contribution in [2.24, 2.45) is 5.92 Å². The summed E-state index contributed by atoms with van der Waals surface area (Å²) in [5, 5.41) is 16.4. The average molecular weight is 341 g/mol. The van der Waals surface area contributed by atoms with Gasteiger partial charge in [-0.3, -0.25) is 9.59 Å². The Kier molecular flexibility index (Phi) is 4.99. The first kappa shape index (κ1) is 17.4. The number of Topliss-reactive ketones (excluding diaryl/α,β-unsaturated/α-hetero) is 1. The number of aryl methyl sites for hydroxylation is 1. The van der Waals surface area contributed by atoms with Gasteiger partial charge in [0.05, 0.1) is 22.6 Å². The van der Waals surface area contributed by atoms with E-state index in [0.29, 0.717) is 29.3 Å². The molecule has 2 aromatic rings. The summed E-state index contributed by atoms with van der Waals surface area (Å²) in [6, 6.07) is 9.38. The van der Waals surface area contributed by atoms with Crippen LogP contribution in [0.4, 0.5) is 0 Å². The van der Waals surface area contributed by atoms with Crippen molar-refractivity contribution in [3.8, 4) is 5.69 Å². The van der Waals surface area contributed by atoms with Crippen LogP contribution in [0.1, 0.15) is 41.0 Å². The summed E-state index contributed by atoms with van der Waals surface area (Å²) in [7, 11) is 0. The number of aliphatic hydroxyl groups excluding tert-OH is 1. The van der Waals surface area contributed by atoms with E-state index in [0.717, 1.165) is 18.5 Å². The Hall–Kier alpha value is -2.47. The highest BCUT2D eigenvalue weighted by atomic mass is 16.3. The van der Waals surface area contributed by atoms with E-state index in [1.54, 1.807) is 18.5 Å². The van der Waals surface area contributed by atoms with E-state index in [9.17, 15) is 9.59 Å². The Morgan fingerprint density at radius 3 is 2.56 bits per heavy atom. The summed E-state index contributed by atoms with van der Waals surface area (Å²) in [6.07, 6.45) is 2.54. The third-order valence-electron chi connectivity index (χ3n) is 4.67. The Balaban J connectivity index is 1.82. The van der Waals surface area contributed by atoms with Gasteiger partial charge in [0.1, 0.15) is 0 Å². The topological polar surface area (TPSA) is 84.2 Å². The lowest BCUT2D eigenvalue weighted by Gasteiger charge is -2.16. The minimum absolute atomic E-state index is 0.000365. The number of aliphatic hydroxyl groups is 1. The van der Waals surface area contributed by atoms with Gasteiger partial charge in [-0.25, -0.2) is 4.68 Å². The van der Waals surface area contributed by atoms with Gasteiger partial charge in [0.2, 0.25) is 0 Å². The quantitative estimate of drug-likeness (QED) is 0.595. The van der Waals surface area contributed by atoms with Crippen molar-refractivity contribution in [1.29, 1.82) is 0 Å². The van der Waals surface area contributed by atoms with Crippen molar-refractivity contribution in [2.75, 3.05) is 6.61 Å². The second kappa shape index (κ2) is 7.19. The molecule has 1 aromatic heterocycles. The lowest BCUT2D eigenvalue weighted by molar-refractivity contribution is -0.117. The number of hydrogen-bond donors (Lipinski definition) is 2. The summed E-state index contributed by atoms with van der Waals surface area (Å²) in [5.74, 6) is -0.817. The smallest absolute Gasteiger partial charge is 0.292 e. The maximum Gasteiger partial charge on any atom is 0.292 e. The number of ketones is 1. The summed E-state index contributed by atoms with van der Waals surface area (Å²) < 4.78 is 1.68. The molecule has 132 valence electrons. The van der Waals surface area contributed by atoms with Gasteiger partial charge in [0, 0.05) is 12.6 Å². The zero-order valence-electron chi connectivity index (χ0n) is 14.5. The first-order valence-electron chi connectivity index (χ1n) is 8.60. The van der Waals surface area contributed by atoms with Gasteiger partial charge in [-0.15, -0.1) is 0 Å². The number of para-hydroxylation sites is 1. The number of nitrogens with one attached hydrogen (secondary N) is 1. The van der Waals surface area contributed by atoms with Crippen LogP contribution < -0.4 is 5.32 Å². The fourth-order valence-electron chi connectivity index (χ4n) is 3.20. The van der Waals surface area contributed by atoms with Crippen molar-refractivity contribution < 1.29 is 14.7 Å². The molecule has 3 rings (SSSR count). The standard InChI is InChI=1S/C19H23N3O3/c1-12-17(13(2)22(21-12)15-6-4-3-5-7-15)18(24)19(25)20-16(10-11-23)14-8-9-14/h3-7,14,16,23H,8-11H2,1-2H3,(H,20,25). The molecule has 1 aliphatic carbocycles. The number of carbonyl (C=O) groups excluding carboxylic acids is 2. The van der Waals surface area contributed by atoms with Crippen molar-refractivity contribution in [3.05, 3.63) is 47.3 Å². The number of aromatic nitrogens is 2. The molecule has 2 N–H and O–H groups in total.